The van der Waals surface area contributed by atoms with Gasteiger partial charge in [-0.3, -0.25) is 4.79 Å². The summed E-state index contributed by atoms with van der Waals surface area (Å²) in [5.41, 5.74) is -0.554. The van der Waals surface area contributed by atoms with E-state index in [1.54, 1.807) is 6.92 Å². The first-order chi connectivity index (χ1) is 8.75. The molecule has 0 aliphatic heterocycles. The topological polar surface area (TPSA) is 26.3 Å². The van der Waals surface area contributed by atoms with E-state index in [1.807, 2.05) is 0 Å². The van der Waals surface area contributed by atoms with E-state index >= 15 is 0 Å². The van der Waals surface area contributed by atoms with E-state index in [9.17, 15) is 18.0 Å². The maximum atomic E-state index is 12.7. The molecule has 0 radical (unpaired) electrons. The number of alkyl halides is 4. The fourth-order valence-corrected chi connectivity index (χ4v) is 2.17. The lowest BCUT2D eigenvalue weighted by Gasteiger charge is -2.13. The van der Waals surface area contributed by atoms with Crippen molar-refractivity contribution in [3.05, 3.63) is 34.3 Å². The van der Waals surface area contributed by atoms with Gasteiger partial charge >= 0.3 is 12.1 Å². The number of carbonyl (C=O) groups is 1. The fourth-order valence-electron chi connectivity index (χ4n) is 1.44. The summed E-state index contributed by atoms with van der Waals surface area (Å²) in [6, 6.07) is 3.56. The first-order valence-electron chi connectivity index (χ1n) is 5.42. The molecule has 1 aromatic carbocycles. The van der Waals surface area contributed by atoms with Crippen molar-refractivity contribution in [2.75, 3.05) is 6.61 Å². The molecule has 0 aliphatic rings. The molecular weight excluding hydrogens is 348 g/mol. The van der Waals surface area contributed by atoms with Gasteiger partial charge in [-0.2, -0.15) is 13.2 Å². The lowest BCUT2D eigenvalue weighted by atomic mass is 10.1. The minimum absolute atomic E-state index is 0.0963. The average molecular weight is 360 g/mol. The second-order valence-corrected chi connectivity index (χ2v) is 5.25. The van der Waals surface area contributed by atoms with Crippen LogP contribution in [0.5, 0.6) is 0 Å². The number of benzene rings is 1. The third-order valence-corrected chi connectivity index (χ3v) is 3.32. The number of carbonyl (C=O) groups excluding carboxylic acids is 1. The Morgan fingerprint density at radius 2 is 2.11 bits per heavy atom. The zero-order valence-corrected chi connectivity index (χ0v) is 12.3. The van der Waals surface area contributed by atoms with Gasteiger partial charge in [-0.15, -0.1) is 0 Å². The zero-order valence-electron chi connectivity index (χ0n) is 9.93. The summed E-state index contributed by atoms with van der Waals surface area (Å²) in [7, 11) is 0. The van der Waals surface area contributed by atoms with E-state index in [2.05, 4.69) is 15.9 Å². The predicted octanol–water partition coefficient (Wildman–Crippen LogP) is 4.23. The summed E-state index contributed by atoms with van der Waals surface area (Å²) in [5, 5.41) is -0.362. The van der Waals surface area contributed by atoms with Gasteiger partial charge in [0.2, 0.25) is 0 Å². The standard InChI is InChI=1S/C12H11BrClF3O2/c1-2-19-11(18)9(13)6-7-3-4-10(14)8(5-7)12(15,16)17/h3-5,9H,2,6H2,1H3. The predicted molar refractivity (Wildman–Crippen MR) is 69.5 cm³/mol. The van der Waals surface area contributed by atoms with E-state index in [0.717, 1.165) is 6.07 Å². The van der Waals surface area contributed by atoms with Crippen LogP contribution < -0.4 is 0 Å². The minimum Gasteiger partial charge on any atom is -0.465 e. The Balaban J connectivity index is 2.89. The molecule has 0 bridgehead atoms. The molecule has 0 fully saturated rings. The van der Waals surface area contributed by atoms with Gasteiger partial charge in [-0.1, -0.05) is 33.6 Å². The van der Waals surface area contributed by atoms with Crippen LogP contribution in [0.15, 0.2) is 18.2 Å². The summed E-state index contributed by atoms with van der Waals surface area (Å²) in [5.74, 6) is -0.508. The van der Waals surface area contributed by atoms with Gasteiger partial charge in [0.05, 0.1) is 17.2 Å². The van der Waals surface area contributed by atoms with Crippen LogP contribution >= 0.6 is 27.5 Å². The lowest BCUT2D eigenvalue weighted by Crippen LogP contribution is -2.20. The van der Waals surface area contributed by atoms with Crippen molar-refractivity contribution in [1.29, 1.82) is 0 Å². The maximum absolute atomic E-state index is 12.7. The van der Waals surface area contributed by atoms with Crippen LogP contribution in [0.2, 0.25) is 5.02 Å². The lowest BCUT2D eigenvalue weighted by molar-refractivity contribution is -0.142. The summed E-state index contributed by atoms with van der Waals surface area (Å²) in [6.07, 6.45) is -4.42. The quantitative estimate of drug-likeness (QED) is 0.594. The van der Waals surface area contributed by atoms with Crippen molar-refractivity contribution in [1.82, 2.24) is 0 Å². The van der Waals surface area contributed by atoms with Gasteiger partial charge in [-0.05, 0) is 31.0 Å². The Bertz CT molecular complexity index is 463. The third kappa shape index (κ3) is 4.69. The van der Waals surface area contributed by atoms with Crippen LogP contribution in [0, 0.1) is 0 Å². The van der Waals surface area contributed by atoms with E-state index in [0.29, 0.717) is 5.56 Å². The average Bonchev–Trinajstić information content (AvgIpc) is 2.30. The molecule has 0 heterocycles. The van der Waals surface area contributed by atoms with Crippen LogP contribution in [0.1, 0.15) is 18.1 Å². The highest BCUT2D eigenvalue weighted by Gasteiger charge is 2.33. The van der Waals surface area contributed by atoms with E-state index < -0.39 is 22.5 Å². The van der Waals surface area contributed by atoms with Crippen LogP contribution in [-0.4, -0.2) is 17.4 Å². The molecule has 7 heteroatoms. The first kappa shape index (κ1) is 16.3. The van der Waals surface area contributed by atoms with Gasteiger partial charge in [0.25, 0.3) is 0 Å². The molecular formula is C12H11BrClF3O2. The third-order valence-electron chi connectivity index (χ3n) is 2.29. The molecule has 0 aliphatic carbocycles. The highest BCUT2D eigenvalue weighted by Crippen LogP contribution is 2.35. The van der Waals surface area contributed by atoms with Crippen molar-refractivity contribution in [2.24, 2.45) is 0 Å². The number of halogens is 5. The molecule has 1 aromatic rings. The van der Waals surface area contributed by atoms with Crippen LogP contribution in [0.25, 0.3) is 0 Å². The summed E-state index contributed by atoms with van der Waals surface area (Å²) in [4.78, 5) is 10.7. The van der Waals surface area contributed by atoms with Crippen molar-refractivity contribution in [2.45, 2.75) is 24.3 Å². The molecule has 2 nitrogen and oxygen atoms in total. The van der Waals surface area contributed by atoms with Crippen LogP contribution in [0.4, 0.5) is 13.2 Å². The highest BCUT2D eigenvalue weighted by molar-refractivity contribution is 9.10. The van der Waals surface area contributed by atoms with E-state index in [1.165, 1.54) is 12.1 Å². The van der Waals surface area contributed by atoms with Gasteiger partial charge in [0, 0.05) is 0 Å². The Morgan fingerprint density at radius 1 is 1.47 bits per heavy atom. The first-order valence-corrected chi connectivity index (χ1v) is 6.71. The number of rotatable bonds is 4. The molecule has 1 rings (SSSR count). The Morgan fingerprint density at radius 3 is 2.63 bits per heavy atom. The second kappa shape index (κ2) is 6.61. The monoisotopic (exact) mass is 358 g/mol. The van der Waals surface area contributed by atoms with Crippen molar-refractivity contribution in [3.8, 4) is 0 Å². The number of ether oxygens (including phenoxy) is 1. The molecule has 0 amide bonds. The number of hydrogen-bond acceptors (Lipinski definition) is 2. The number of hydrogen-bond donors (Lipinski definition) is 0. The number of esters is 1. The molecule has 1 atom stereocenters. The second-order valence-electron chi connectivity index (χ2n) is 3.74. The smallest absolute Gasteiger partial charge is 0.417 e. The SMILES string of the molecule is CCOC(=O)C(Br)Cc1ccc(Cl)c(C(F)(F)F)c1. The minimum atomic E-state index is -4.52. The molecule has 0 spiro atoms. The van der Waals surface area contributed by atoms with Gasteiger partial charge in [-0.25, -0.2) is 0 Å². The van der Waals surface area contributed by atoms with E-state index in [4.69, 9.17) is 16.3 Å². The van der Waals surface area contributed by atoms with Gasteiger partial charge in [0.15, 0.2) is 0 Å². The largest absolute Gasteiger partial charge is 0.465 e. The molecule has 106 valence electrons. The molecule has 0 N–H and O–H groups in total. The molecule has 19 heavy (non-hydrogen) atoms. The van der Waals surface area contributed by atoms with Crippen molar-refractivity contribution < 1.29 is 22.7 Å². The Labute approximate surface area is 122 Å². The van der Waals surface area contributed by atoms with Gasteiger partial charge in [0.1, 0.15) is 4.83 Å². The molecule has 1 unspecified atom stereocenters. The summed E-state index contributed by atoms with van der Waals surface area (Å²) < 4.78 is 42.7. The van der Waals surface area contributed by atoms with Crippen LogP contribution in [0.3, 0.4) is 0 Å². The molecule has 0 saturated heterocycles. The summed E-state index contributed by atoms with van der Waals surface area (Å²) >= 11 is 8.59. The fraction of sp³-hybridized carbons (Fsp3) is 0.417. The van der Waals surface area contributed by atoms with Crippen molar-refractivity contribution in [3.63, 3.8) is 0 Å². The van der Waals surface area contributed by atoms with E-state index in [-0.39, 0.29) is 18.1 Å². The van der Waals surface area contributed by atoms with Crippen LogP contribution in [-0.2, 0) is 22.1 Å². The highest BCUT2D eigenvalue weighted by atomic mass is 79.9. The molecule has 0 aromatic heterocycles. The Hall–Kier alpha value is -0.750. The Kier molecular flexibility index (Phi) is 5.67. The normalized spacial score (nSPS) is 13.2. The van der Waals surface area contributed by atoms with Crippen molar-refractivity contribution >= 4 is 33.5 Å². The molecule has 0 saturated carbocycles. The summed E-state index contributed by atoms with van der Waals surface area (Å²) in [6.45, 7) is 1.87. The zero-order chi connectivity index (χ0) is 14.6. The maximum Gasteiger partial charge on any atom is 0.417 e. The van der Waals surface area contributed by atoms with Gasteiger partial charge < -0.3 is 4.74 Å².